The van der Waals surface area contributed by atoms with Crippen LogP contribution in [-0.2, 0) is 0 Å². The third-order valence-electron chi connectivity index (χ3n) is 2.13. The Balaban J connectivity index is 2.46. The molecule has 0 aliphatic carbocycles. The fourth-order valence-electron chi connectivity index (χ4n) is 1.44. The van der Waals surface area contributed by atoms with Gasteiger partial charge in [0.05, 0.1) is 5.56 Å². The lowest BCUT2D eigenvalue weighted by Crippen LogP contribution is -2.18. The van der Waals surface area contributed by atoms with Gasteiger partial charge in [-0.3, -0.25) is 4.79 Å². The number of benzene rings is 1. The second kappa shape index (κ2) is 3.50. The van der Waals surface area contributed by atoms with E-state index in [0.29, 0.717) is 23.5 Å². The highest BCUT2D eigenvalue weighted by Gasteiger charge is 2.21. The van der Waals surface area contributed by atoms with Gasteiger partial charge in [-0.15, -0.1) is 0 Å². The van der Waals surface area contributed by atoms with Gasteiger partial charge in [0.1, 0.15) is 12.4 Å². The lowest BCUT2D eigenvalue weighted by molar-refractivity contribution is 0.0999. The Morgan fingerprint density at radius 2 is 2.14 bits per heavy atom. The quantitative estimate of drug-likeness (QED) is 0.629. The molecule has 1 aromatic rings. The number of allylic oxidation sites excluding steroid dienone is 2. The molecule has 1 aliphatic rings. The Kier molecular flexibility index (Phi) is 2.19. The molecule has 70 valence electrons. The van der Waals surface area contributed by atoms with Crippen molar-refractivity contribution in [2.24, 2.45) is 0 Å². The lowest BCUT2D eigenvalue weighted by atomic mass is 10.0. The number of ether oxygens (including phenoxy) is 1. The molecule has 1 aliphatic heterocycles. The highest BCUT2D eigenvalue weighted by atomic mass is 16.5. The summed E-state index contributed by atoms with van der Waals surface area (Å²) < 4.78 is 5.42. The predicted octanol–water partition coefficient (Wildman–Crippen LogP) is 2.37. The predicted molar refractivity (Wildman–Crippen MR) is 54.5 cm³/mol. The number of hydrogen-bond donors (Lipinski definition) is 0. The lowest BCUT2D eigenvalue weighted by Gasteiger charge is -2.17. The van der Waals surface area contributed by atoms with Gasteiger partial charge in [-0.05, 0) is 12.1 Å². The number of carbonyl (C=O) groups excluding carboxylic acids is 1. The molecule has 1 aromatic carbocycles. The van der Waals surface area contributed by atoms with Crippen molar-refractivity contribution in [3.63, 3.8) is 0 Å². The molecular formula is C12H10O2. The number of fused-ring (bicyclic) bond motifs is 1. The largest absolute Gasteiger partial charge is 0.488 e. The van der Waals surface area contributed by atoms with Crippen molar-refractivity contribution in [2.75, 3.05) is 6.61 Å². The molecule has 0 spiro atoms. The van der Waals surface area contributed by atoms with Gasteiger partial charge in [0.2, 0.25) is 0 Å². The number of rotatable bonds is 1. The molecule has 0 saturated heterocycles. The maximum absolute atomic E-state index is 11.8. The second-order valence-corrected chi connectivity index (χ2v) is 3.04. The molecule has 2 heteroatoms. The molecule has 0 unspecified atom stereocenters. The summed E-state index contributed by atoms with van der Waals surface area (Å²) in [6.07, 6.45) is 3.29. The van der Waals surface area contributed by atoms with E-state index >= 15 is 0 Å². The Bertz CT molecular complexity index is 416. The van der Waals surface area contributed by atoms with Crippen LogP contribution in [0.3, 0.4) is 0 Å². The molecule has 0 atom stereocenters. The van der Waals surface area contributed by atoms with Gasteiger partial charge in [0, 0.05) is 5.57 Å². The van der Waals surface area contributed by atoms with Crippen molar-refractivity contribution >= 4 is 5.78 Å². The minimum Gasteiger partial charge on any atom is -0.488 e. The van der Waals surface area contributed by atoms with Gasteiger partial charge in [0.25, 0.3) is 0 Å². The van der Waals surface area contributed by atoms with Gasteiger partial charge in [-0.2, -0.15) is 0 Å². The number of carbonyl (C=O) groups is 1. The zero-order valence-electron chi connectivity index (χ0n) is 7.69. The van der Waals surface area contributed by atoms with Crippen LogP contribution in [-0.4, -0.2) is 12.4 Å². The minimum atomic E-state index is 0.0340. The molecule has 2 nitrogen and oxygen atoms in total. The third-order valence-corrected chi connectivity index (χ3v) is 2.13. The van der Waals surface area contributed by atoms with E-state index in [4.69, 9.17) is 4.74 Å². The Hall–Kier alpha value is -1.83. The summed E-state index contributed by atoms with van der Waals surface area (Å²) in [6.45, 7) is 3.90. The molecule has 0 fully saturated rings. The molecule has 14 heavy (non-hydrogen) atoms. The van der Waals surface area contributed by atoms with E-state index < -0.39 is 0 Å². The van der Waals surface area contributed by atoms with Gasteiger partial charge in [-0.1, -0.05) is 30.9 Å². The highest BCUT2D eigenvalue weighted by Crippen LogP contribution is 2.26. The zero-order chi connectivity index (χ0) is 9.97. The number of Topliss-reactive ketones (excluding diaryl/α,β-unsaturated/α-hetero) is 1. The van der Waals surface area contributed by atoms with Crippen molar-refractivity contribution in [1.29, 1.82) is 0 Å². The van der Waals surface area contributed by atoms with Crippen LogP contribution in [0.25, 0.3) is 0 Å². The van der Waals surface area contributed by atoms with Crippen LogP contribution >= 0.6 is 0 Å². The van der Waals surface area contributed by atoms with Gasteiger partial charge >= 0.3 is 0 Å². The van der Waals surface area contributed by atoms with Crippen LogP contribution in [0.5, 0.6) is 5.75 Å². The molecule has 0 bridgehead atoms. The van der Waals surface area contributed by atoms with Crippen LogP contribution in [0.1, 0.15) is 10.4 Å². The van der Waals surface area contributed by atoms with Crippen LogP contribution in [0.15, 0.2) is 48.6 Å². The van der Waals surface area contributed by atoms with Crippen LogP contribution in [0, 0.1) is 0 Å². The number of para-hydroxylation sites is 1. The van der Waals surface area contributed by atoms with Crippen molar-refractivity contribution in [1.82, 2.24) is 0 Å². The van der Waals surface area contributed by atoms with E-state index in [0.717, 1.165) is 0 Å². The van der Waals surface area contributed by atoms with E-state index in [1.54, 1.807) is 24.3 Å². The Morgan fingerprint density at radius 3 is 2.93 bits per heavy atom. The molecule has 0 amide bonds. The average Bonchev–Trinajstić information content (AvgIpc) is 2.23. The molecule has 0 saturated carbocycles. The fraction of sp³-hybridized carbons (Fsp3) is 0.0833. The Morgan fingerprint density at radius 1 is 1.36 bits per heavy atom. The normalized spacial score (nSPS) is 17.4. The summed E-state index contributed by atoms with van der Waals surface area (Å²) in [6, 6.07) is 7.26. The van der Waals surface area contributed by atoms with Crippen LogP contribution in [0.4, 0.5) is 0 Å². The van der Waals surface area contributed by atoms with Crippen molar-refractivity contribution < 1.29 is 9.53 Å². The summed E-state index contributed by atoms with van der Waals surface area (Å²) in [7, 11) is 0. The molecule has 0 aromatic heterocycles. The third kappa shape index (κ3) is 1.35. The van der Waals surface area contributed by atoms with E-state index in [1.165, 1.54) is 0 Å². The van der Waals surface area contributed by atoms with Crippen molar-refractivity contribution in [2.45, 2.75) is 0 Å². The summed E-state index contributed by atoms with van der Waals surface area (Å²) in [4.78, 5) is 11.8. The number of hydrogen-bond acceptors (Lipinski definition) is 2. The summed E-state index contributed by atoms with van der Waals surface area (Å²) in [5, 5.41) is 0. The van der Waals surface area contributed by atoms with Gasteiger partial charge < -0.3 is 4.74 Å². The highest BCUT2D eigenvalue weighted by molar-refractivity contribution is 6.11. The van der Waals surface area contributed by atoms with E-state index in [1.807, 2.05) is 12.1 Å². The first-order valence-corrected chi connectivity index (χ1v) is 4.41. The zero-order valence-corrected chi connectivity index (χ0v) is 7.69. The maximum Gasteiger partial charge on any atom is 0.196 e. The van der Waals surface area contributed by atoms with Crippen molar-refractivity contribution in [3.05, 3.63) is 54.1 Å². The first kappa shape index (κ1) is 8.75. The molecule has 0 N–H and O–H groups in total. The second-order valence-electron chi connectivity index (χ2n) is 3.04. The van der Waals surface area contributed by atoms with E-state index in [2.05, 4.69) is 6.58 Å². The topological polar surface area (TPSA) is 26.3 Å². The smallest absolute Gasteiger partial charge is 0.196 e. The monoisotopic (exact) mass is 186 g/mol. The van der Waals surface area contributed by atoms with E-state index in [-0.39, 0.29) is 5.78 Å². The van der Waals surface area contributed by atoms with Gasteiger partial charge in [0.15, 0.2) is 5.78 Å². The molecule has 0 radical (unpaired) electrons. The van der Waals surface area contributed by atoms with E-state index in [9.17, 15) is 4.79 Å². The molecular weight excluding hydrogens is 176 g/mol. The minimum absolute atomic E-state index is 0.0340. The summed E-state index contributed by atoms with van der Waals surface area (Å²) in [5.41, 5.74) is 1.28. The standard InChI is InChI=1S/C12H10O2/c1-2-5-9-8-14-11-7-4-3-6-10(11)12(9)13/h2-7H,1,8H2. The van der Waals surface area contributed by atoms with Crippen LogP contribution < -0.4 is 4.74 Å². The first-order chi connectivity index (χ1) is 6.83. The summed E-state index contributed by atoms with van der Waals surface area (Å²) >= 11 is 0. The number of ketones is 1. The Labute approximate surface area is 82.5 Å². The van der Waals surface area contributed by atoms with Crippen LogP contribution in [0.2, 0.25) is 0 Å². The molecule has 2 rings (SSSR count). The van der Waals surface area contributed by atoms with Gasteiger partial charge in [-0.25, -0.2) is 0 Å². The first-order valence-electron chi connectivity index (χ1n) is 4.41. The fourth-order valence-corrected chi connectivity index (χ4v) is 1.44. The van der Waals surface area contributed by atoms with Crippen molar-refractivity contribution in [3.8, 4) is 5.75 Å². The average molecular weight is 186 g/mol. The molecule has 1 heterocycles. The summed E-state index contributed by atoms with van der Waals surface area (Å²) in [5.74, 6) is 0.700. The maximum atomic E-state index is 11.8. The SMILES string of the molecule is C=CC=C1COc2ccccc2C1=O.